The van der Waals surface area contributed by atoms with Gasteiger partial charge in [0.15, 0.2) is 40.0 Å². The van der Waals surface area contributed by atoms with Crippen LogP contribution in [0.15, 0.2) is 18.2 Å². The molecule has 3 aromatic rings. The van der Waals surface area contributed by atoms with Crippen LogP contribution in [0, 0.1) is 13.8 Å². The SMILES string of the molecule is COc1cc2c(cc1O)CCN[C@]21CSC2c3c(O)c(C)c4c(c3C(COC1=O)N1C2C2c3c(cc(C)c(OC)c3O)C[C@@H](C1O)N2C)OCO4. The Morgan fingerprint density at radius 2 is 1.76 bits per heavy atom. The molecule has 0 radical (unpaired) electrons. The maximum atomic E-state index is 14.6. The summed E-state index contributed by atoms with van der Waals surface area (Å²) in [6.07, 6.45) is 0.0426. The lowest BCUT2D eigenvalue weighted by Crippen LogP contribution is -2.70. The fourth-order valence-electron chi connectivity index (χ4n) is 9.74. The van der Waals surface area contributed by atoms with Gasteiger partial charge < -0.3 is 44.1 Å². The van der Waals surface area contributed by atoms with Gasteiger partial charge in [-0.15, -0.1) is 11.8 Å². The van der Waals surface area contributed by atoms with Gasteiger partial charge in [0, 0.05) is 40.6 Å². The summed E-state index contributed by atoms with van der Waals surface area (Å²) < 4.78 is 29.5. The number of aliphatic hydroxyl groups is 1. The van der Waals surface area contributed by atoms with Crippen molar-refractivity contribution in [2.45, 2.75) is 67.9 Å². The minimum Gasteiger partial charge on any atom is -0.507 e. The number of piperazine rings is 1. The Hall–Kier alpha value is -4.08. The molecule has 51 heavy (non-hydrogen) atoms. The highest BCUT2D eigenvalue weighted by Crippen LogP contribution is 2.64. The number of nitrogens with zero attached hydrogens (tertiary/aromatic N) is 2. The van der Waals surface area contributed by atoms with E-state index >= 15 is 0 Å². The van der Waals surface area contributed by atoms with E-state index in [1.807, 2.05) is 24.9 Å². The number of methoxy groups -OCH3 is 2. The van der Waals surface area contributed by atoms with Crippen molar-refractivity contribution in [2.75, 3.05) is 47.0 Å². The van der Waals surface area contributed by atoms with Gasteiger partial charge >= 0.3 is 5.97 Å². The zero-order chi connectivity index (χ0) is 35.7. The van der Waals surface area contributed by atoms with Crippen LogP contribution in [0.1, 0.15) is 61.8 Å². The first-order chi connectivity index (χ1) is 24.5. The number of phenols is 3. The highest BCUT2D eigenvalue weighted by molar-refractivity contribution is 7.99. The zero-order valence-electron chi connectivity index (χ0n) is 29.0. The monoisotopic (exact) mass is 719 g/mol. The van der Waals surface area contributed by atoms with Gasteiger partial charge in [-0.1, -0.05) is 6.07 Å². The van der Waals surface area contributed by atoms with E-state index in [4.69, 9.17) is 23.7 Å². The van der Waals surface area contributed by atoms with Crippen LogP contribution in [0.4, 0.5) is 0 Å². The third-order valence-corrected chi connectivity index (χ3v) is 13.5. The quantitative estimate of drug-likeness (QED) is 0.246. The van der Waals surface area contributed by atoms with Gasteiger partial charge in [-0.25, -0.2) is 4.79 Å². The van der Waals surface area contributed by atoms with Crippen molar-refractivity contribution in [2.24, 2.45) is 0 Å². The molecule has 7 atom stereocenters. The maximum absolute atomic E-state index is 14.6. The molecule has 7 aliphatic heterocycles. The Morgan fingerprint density at radius 3 is 2.53 bits per heavy atom. The van der Waals surface area contributed by atoms with Crippen LogP contribution in [-0.4, -0.2) is 101 Å². The van der Waals surface area contributed by atoms with E-state index in [9.17, 15) is 25.2 Å². The van der Waals surface area contributed by atoms with Gasteiger partial charge in [0.2, 0.25) is 6.79 Å². The summed E-state index contributed by atoms with van der Waals surface area (Å²) in [5.41, 5.74) is 4.38. The molecule has 7 heterocycles. The highest BCUT2D eigenvalue weighted by atomic mass is 32.2. The van der Waals surface area contributed by atoms with Crippen LogP contribution in [0.5, 0.6) is 40.2 Å². The summed E-state index contributed by atoms with van der Waals surface area (Å²) in [5.74, 6) is 1.32. The number of nitrogens with one attached hydrogen (secondary N) is 1. The molecule has 5 unspecified atom stereocenters. The average molecular weight is 720 g/mol. The molecule has 5 N–H and O–H groups in total. The van der Waals surface area contributed by atoms with Gasteiger partial charge in [0.05, 0.1) is 37.6 Å². The molecule has 4 bridgehead atoms. The van der Waals surface area contributed by atoms with Gasteiger partial charge in [-0.05, 0) is 68.1 Å². The Balaban J connectivity index is 1.29. The molecule has 0 amide bonds. The zero-order valence-corrected chi connectivity index (χ0v) is 29.8. The summed E-state index contributed by atoms with van der Waals surface area (Å²) in [4.78, 5) is 18.7. The van der Waals surface area contributed by atoms with Crippen molar-refractivity contribution in [1.82, 2.24) is 15.1 Å². The van der Waals surface area contributed by atoms with Crippen LogP contribution in [0.25, 0.3) is 0 Å². The van der Waals surface area contributed by atoms with E-state index in [1.54, 1.807) is 26.2 Å². The lowest BCUT2D eigenvalue weighted by molar-refractivity contribution is -0.186. The molecule has 270 valence electrons. The van der Waals surface area contributed by atoms with Gasteiger partial charge in [-0.3, -0.25) is 15.1 Å². The lowest BCUT2D eigenvalue weighted by Gasteiger charge is -2.62. The van der Waals surface area contributed by atoms with Crippen molar-refractivity contribution in [3.05, 3.63) is 62.7 Å². The van der Waals surface area contributed by atoms with Crippen molar-refractivity contribution >= 4 is 17.7 Å². The molecule has 13 nitrogen and oxygen atoms in total. The van der Waals surface area contributed by atoms with Gasteiger partial charge in [0.25, 0.3) is 0 Å². The molecule has 0 aromatic heterocycles. The number of phenolic OH excluding ortho intramolecular Hbond substituents is 3. The average Bonchev–Trinajstić information content (AvgIpc) is 3.60. The number of esters is 1. The number of aromatic hydroxyl groups is 3. The number of ether oxygens (including phenoxy) is 5. The van der Waals surface area contributed by atoms with Crippen molar-refractivity contribution in [3.8, 4) is 40.2 Å². The summed E-state index contributed by atoms with van der Waals surface area (Å²) >= 11 is 1.47. The van der Waals surface area contributed by atoms with Crippen LogP contribution in [-0.2, 0) is 27.9 Å². The first-order valence-corrected chi connectivity index (χ1v) is 18.2. The summed E-state index contributed by atoms with van der Waals surface area (Å²) in [7, 11) is 4.97. The maximum Gasteiger partial charge on any atom is 0.331 e. The van der Waals surface area contributed by atoms with E-state index in [0.717, 1.165) is 16.7 Å². The standard InChI is InChI=1S/C37H41N3O10S/c1-15-8-18-9-20-35(44)40-21-12-48-36(45)37(19-11-23(46-4)22(41)10-17(19)6-7-38-37)13-51-34(26-25(21)33-32(49-14-50-33)16(2)29(26)42)28(40)27(39(20)3)24(18)30(43)31(15)47-5/h8,10-11,20-21,27-28,34-35,38,41-44H,6-7,9,12-14H2,1-5H3/t20-,21?,27?,28?,34?,35?,37+/m0/s1. The molecule has 2 saturated heterocycles. The number of likely N-dealkylation sites (N-methyl/N-ethyl adjacent to an activating group) is 1. The Bertz CT molecular complexity index is 2010. The second kappa shape index (κ2) is 11.5. The molecular weight excluding hydrogens is 678 g/mol. The molecule has 7 aliphatic rings. The van der Waals surface area contributed by atoms with Crippen LogP contribution in [0.2, 0.25) is 0 Å². The van der Waals surface area contributed by atoms with Crippen molar-refractivity contribution in [1.29, 1.82) is 0 Å². The summed E-state index contributed by atoms with van der Waals surface area (Å²) in [6.45, 7) is 3.96. The third kappa shape index (κ3) is 4.28. The highest BCUT2D eigenvalue weighted by Gasteiger charge is 2.61. The predicted molar refractivity (Wildman–Crippen MR) is 185 cm³/mol. The molecule has 0 saturated carbocycles. The number of hydrogen-bond donors (Lipinski definition) is 5. The first kappa shape index (κ1) is 32.8. The van der Waals surface area contributed by atoms with Crippen molar-refractivity contribution in [3.63, 3.8) is 0 Å². The van der Waals surface area contributed by atoms with E-state index in [1.165, 1.54) is 18.9 Å². The topological polar surface area (TPSA) is 163 Å². The minimum atomic E-state index is -1.32. The summed E-state index contributed by atoms with van der Waals surface area (Å²) in [6, 6.07) is 3.30. The number of carbonyl (C=O) groups is 1. The molecule has 3 aromatic carbocycles. The fourth-order valence-corrected chi connectivity index (χ4v) is 11.4. The molecular formula is C37H41N3O10S. The van der Waals surface area contributed by atoms with Gasteiger partial charge in [-0.2, -0.15) is 0 Å². The van der Waals surface area contributed by atoms with Crippen molar-refractivity contribution < 1.29 is 48.9 Å². The summed E-state index contributed by atoms with van der Waals surface area (Å²) in [5, 5.41) is 50.1. The van der Waals surface area contributed by atoms with E-state index in [0.29, 0.717) is 64.5 Å². The number of aliphatic hydroxyl groups excluding tert-OH is 1. The Labute approximate surface area is 299 Å². The van der Waals surface area contributed by atoms with E-state index in [-0.39, 0.29) is 48.2 Å². The van der Waals surface area contributed by atoms with Crippen LogP contribution >= 0.6 is 11.8 Å². The van der Waals surface area contributed by atoms with E-state index in [2.05, 4.69) is 10.2 Å². The molecule has 2 fully saturated rings. The number of thioether (sulfide) groups is 1. The molecule has 1 spiro atoms. The number of benzene rings is 3. The molecule has 10 rings (SSSR count). The first-order valence-electron chi connectivity index (χ1n) is 17.2. The van der Waals surface area contributed by atoms with Crippen LogP contribution < -0.4 is 24.3 Å². The second-order valence-corrected chi connectivity index (χ2v) is 15.5. The number of carbonyl (C=O) groups excluding carboxylic acids is 1. The number of hydrogen-bond acceptors (Lipinski definition) is 14. The molecule has 0 aliphatic carbocycles. The normalized spacial score (nSPS) is 30.6. The molecule has 14 heteroatoms. The second-order valence-electron chi connectivity index (χ2n) is 14.4. The van der Waals surface area contributed by atoms with Gasteiger partial charge in [0.1, 0.15) is 18.6 Å². The Morgan fingerprint density at radius 1 is 0.980 bits per heavy atom. The largest absolute Gasteiger partial charge is 0.507 e. The number of aryl methyl sites for hydroxylation is 1. The minimum absolute atomic E-state index is 0.00972. The van der Waals surface area contributed by atoms with E-state index < -0.39 is 41.1 Å². The van der Waals surface area contributed by atoms with Crippen LogP contribution in [0.3, 0.4) is 0 Å². The lowest BCUT2D eigenvalue weighted by atomic mass is 9.73. The number of fused-ring (bicyclic) bond motifs is 9. The Kier molecular flexibility index (Phi) is 7.37. The third-order valence-electron chi connectivity index (χ3n) is 12.0. The number of rotatable bonds is 2. The fraction of sp³-hybridized carbons (Fsp3) is 0.486. The smallest absolute Gasteiger partial charge is 0.331 e. The predicted octanol–water partition coefficient (Wildman–Crippen LogP) is 3.19.